The fraction of sp³-hybridized carbons (Fsp3) is 0.231. The summed E-state index contributed by atoms with van der Waals surface area (Å²) in [4.78, 5) is 23.6. The number of hydrogen-bond acceptors (Lipinski definition) is 3. The van der Waals surface area contributed by atoms with E-state index in [1.54, 1.807) is 31.3 Å². The molecule has 4 nitrogen and oxygen atoms in total. The largest absolute Gasteiger partial charge is 0.507 e. The molecule has 17 heavy (non-hydrogen) atoms. The van der Waals surface area contributed by atoms with E-state index in [1.807, 2.05) is 0 Å². The minimum absolute atomic E-state index is 0.184. The molecule has 0 fully saturated rings. The fourth-order valence-corrected chi connectivity index (χ4v) is 2.01. The van der Waals surface area contributed by atoms with Gasteiger partial charge in [-0.05, 0) is 25.5 Å². The minimum Gasteiger partial charge on any atom is -0.507 e. The quantitative estimate of drug-likeness (QED) is 0.801. The maximum Gasteiger partial charge on any atom is 0.262 e. The van der Waals surface area contributed by atoms with Crippen molar-refractivity contribution in [2.45, 2.75) is 20.3 Å². The van der Waals surface area contributed by atoms with Gasteiger partial charge in [-0.25, -0.2) is 0 Å². The molecule has 0 radical (unpaired) electrons. The predicted molar refractivity (Wildman–Crippen MR) is 64.7 cm³/mol. The van der Waals surface area contributed by atoms with E-state index in [0.717, 1.165) is 0 Å². The van der Waals surface area contributed by atoms with Crippen LogP contribution < -0.4 is 5.56 Å². The highest BCUT2D eigenvalue weighted by Crippen LogP contribution is 2.24. The van der Waals surface area contributed by atoms with Crippen molar-refractivity contribution >= 4 is 11.3 Å². The van der Waals surface area contributed by atoms with E-state index in [2.05, 4.69) is 0 Å². The molecule has 0 aliphatic carbocycles. The maximum absolute atomic E-state index is 12.0. The van der Waals surface area contributed by atoms with Gasteiger partial charge in [-0.15, -0.1) is 0 Å². The highest BCUT2D eigenvalue weighted by atomic mass is 16.3. The van der Waals surface area contributed by atoms with Crippen LogP contribution in [-0.4, -0.2) is 15.3 Å². The maximum atomic E-state index is 12.0. The number of fused-ring (bicyclic) bond motifs is 1. The van der Waals surface area contributed by atoms with Crippen molar-refractivity contribution in [2.24, 2.45) is 0 Å². The number of pyridine rings is 2. The molecule has 2 rings (SSSR count). The molecule has 0 spiro atoms. The Kier molecular flexibility index (Phi) is 2.71. The fourth-order valence-electron chi connectivity index (χ4n) is 2.01. The smallest absolute Gasteiger partial charge is 0.262 e. The van der Waals surface area contributed by atoms with E-state index in [4.69, 9.17) is 0 Å². The molecule has 0 atom stereocenters. The van der Waals surface area contributed by atoms with Crippen LogP contribution in [0.25, 0.3) is 5.52 Å². The van der Waals surface area contributed by atoms with Gasteiger partial charge in [0.15, 0.2) is 5.78 Å². The van der Waals surface area contributed by atoms with Gasteiger partial charge in [0.25, 0.3) is 5.56 Å². The topological polar surface area (TPSA) is 58.8 Å². The monoisotopic (exact) mass is 231 g/mol. The highest BCUT2D eigenvalue weighted by Gasteiger charge is 2.18. The first kappa shape index (κ1) is 11.4. The molecule has 4 heteroatoms. The summed E-state index contributed by atoms with van der Waals surface area (Å²) in [6.07, 6.45) is 1.99. The Bertz CT molecular complexity index is 655. The molecule has 2 aromatic heterocycles. The summed E-state index contributed by atoms with van der Waals surface area (Å²) in [7, 11) is 0. The molecule has 1 N–H and O–H groups in total. The summed E-state index contributed by atoms with van der Waals surface area (Å²) in [5.74, 6) is -0.433. The lowest BCUT2D eigenvalue weighted by Gasteiger charge is -2.10. The zero-order valence-corrected chi connectivity index (χ0v) is 9.73. The Balaban J connectivity index is 3.06. The number of carbonyl (C=O) groups is 1. The zero-order chi connectivity index (χ0) is 12.6. The predicted octanol–water partition coefficient (Wildman–Crippen LogP) is 1.77. The van der Waals surface area contributed by atoms with Crippen molar-refractivity contribution in [3.8, 4) is 5.75 Å². The molecule has 88 valence electrons. The molecule has 0 aliphatic heterocycles. The number of nitrogens with zero attached hydrogens (tertiary/aromatic N) is 1. The third kappa shape index (κ3) is 1.62. The van der Waals surface area contributed by atoms with E-state index >= 15 is 0 Å². The van der Waals surface area contributed by atoms with Crippen LogP contribution in [0.15, 0.2) is 29.2 Å². The standard InChI is InChI=1S/C13H13NO3/c1-3-9-12(16)11(8(2)15)10-6-4-5-7-14(10)13(9)17/h4-7,16H,3H2,1-2H3. The second-order valence-corrected chi connectivity index (χ2v) is 3.87. The van der Waals surface area contributed by atoms with Gasteiger partial charge in [0.05, 0.1) is 16.6 Å². The van der Waals surface area contributed by atoms with Crippen LogP contribution in [-0.2, 0) is 6.42 Å². The average Bonchev–Trinajstić information content (AvgIpc) is 2.29. The van der Waals surface area contributed by atoms with Gasteiger partial charge in [0.2, 0.25) is 0 Å². The Morgan fingerprint density at radius 1 is 1.41 bits per heavy atom. The van der Waals surface area contributed by atoms with Crippen LogP contribution >= 0.6 is 0 Å². The molecule has 0 amide bonds. The first-order valence-corrected chi connectivity index (χ1v) is 5.44. The molecule has 0 saturated carbocycles. The van der Waals surface area contributed by atoms with Gasteiger partial charge in [0, 0.05) is 6.20 Å². The van der Waals surface area contributed by atoms with Crippen molar-refractivity contribution in [3.63, 3.8) is 0 Å². The lowest BCUT2D eigenvalue weighted by molar-refractivity contribution is 0.101. The average molecular weight is 231 g/mol. The number of rotatable bonds is 2. The Morgan fingerprint density at radius 2 is 2.12 bits per heavy atom. The van der Waals surface area contributed by atoms with Gasteiger partial charge >= 0.3 is 0 Å². The van der Waals surface area contributed by atoms with E-state index in [0.29, 0.717) is 11.9 Å². The van der Waals surface area contributed by atoms with Crippen molar-refractivity contribution in [3.05, 3.63) is 45.9 Å². The molecule has 0 unspecified atom stereocenters. The SMILES string of the molecule is CCc1c(O)c(C(C)=O)c2ccccn2c1=O. The molecule has 2 heterocycles. The molecule has 0 bridgehead atoms. The molecule has 2 aromatic rings. The van der Waals surface area contributed by atoms with Crippen LogP contribution in [0.2, 0.25) is 0 Å². The lowest BCUT2D eigenvalue weighted by atomic mass is 10.0. The van der Waals surface area contributed by atoms with Crippen molar-refractivity contribution in [1.82, 2.24) is 4.40 Å². The summed E-state index contributed by atoms with van der Waals surface area (Å²) in [6, 6.07) is 5.10. The third-order valence-corrected chi connectivity index (χ3v) is 2.82. The normalized spacial score (nSPS) is 10.7. The van der Waals surface area contributed by atoms with Gasteiger partial charge < -0.3 is 5.11 Å². The second-order valence-electron chi connectivity index (χ2n) is 3.87. The first-order valence-electron chi connectivity index (χ1n) is 5.44. The Labute approximate surface area is 98.1 Å². The van der Waals surface area contributed by atoms with Crippen LogP contribution in [0.4, 0.5) is 0 Å². The number of hydrogen-bond donors (Lipinski definition) is 1. The van der Waals surface area contributed by atoms with Crippen molar-refractivity contribution < 1.29 is 9.90 Å². The number of carbonyl (C=O) groups excluding carboxylic acids is 1. The summed E-state index contributed by atoms with van der Waals surface area (Å²) in [6.45, 7) is 3.15. The van der Waals surface area contributed by atoms with Crippen molar-refractivity contribution in [1.29, 1.82) is 0 Å². The van der Waals surface area contributed by atoms with E-state index in [9.17, 15) is 14.7 Å². The summed E-state index contributed by atoms with van der Waals surface area (Å²) in [5.41, 5.74) is 0.659. The molecule has 0 aliphatic rings. The van der Waals surface area contributed by atoms with E-state index in [1.165, 1.54) is 11.3 Å². The lowest BCUT2D eigenvalue weighted by Crippen LogP contribution is -2.20. The number of Topliss-reactive ketones (excluding diaryl/α,β-unsaturated/α-hetero) is 1. The Hall–Kier alpha value is -2.10. The highest BCUT2D eigenvalue weighted by molar-refractivity contribution is 6.03. The number of aromatic nitrogens is 1. The summed E-state index contributed by atoms with van der Waals surface area (Å²) >= 11 is 0. The summed E-state index contributed by atoms with van der Waals surface area (Å²) < 4.78 is 1.40. The molecule has 0 saturated heterocycles. The zero-order valence-electron chi connectivity index (χ0n) is 9.73. The molecule has 0 aromatic carbocycles. The first-order chi connectivity index (χ1) is 8.07. The minimum atomic E-state index is -0.273. The van der Waals surface area contributed by atoms with E-state index in [-0.39, 0.29) is 28.2 Å². The van der Waals surface area contributed by atoms with E-state index < -0.39 is 0 Å². The molecular formula is C13H13NO3. The number of aromatic hydroxyl groups is 1. The van der Waals surface area contributed by atoms with Gasteiger partial charge in [0.1, 0.15) is 5.75 Å². The van der Waals surface area contributed by atoms with Crippen LogP contribution in [0, 0.1) is 0 Å². The summed E-state index contributed by atoms with van der Waals surface area (Å²) in [5, 5.41) is 10.0. The van der Waals surface area contributed by atoms with Crippen molar-refractivity contribution in [2.75, 3.05) is 0 Å². The molecular weight excluding hydrogens is 218 g/mol. The van der Waals surface area contributed by atoms with Crippen LogP contribution in [0.3, 0.4) is 0 Å². The van der Waals surface area contributed by atoms with Crippen LogP contribution in [0.5, 0.6) is 5.75 Å². The van der Waals surface area contributed by atoms with Gasteiger partial charge in [-0.3, -0.25) is 14.0 Å². The van der Waals surface area contributed by atoms with Gasteiger partial charge in [-0.2, -0.15) is 0 Å². The third-order valence-electron chi connectivity index (χ3n) is 2.82. The second kappa shape index (κ2) is 4.05. The van der Waals surface area contributed by atoms with Crippen LogP contribution in [0.1, 0.15) is 29.8 Å². The van der Waals surface area contributed by atoms with Gasteiger partial charge in [-0.1, -0.05) is 13.0 Å². The Morgan fingerprint density at radius 3 is 2.71 bits per heavy atom. The number of ketones is 1.